The number of nitrogens with zero attached hydrogens (tertiary/aromatic N) is 3. The lowest BCUT2D eigenvalue weighted by Gasteiger charge is -2.30. The molecule has 11 heteroatoms. The second-order valence-electron chi connectivity index (χ2n) is 8.47. The van der Waals surface area contributed by atoms with Gasteiger partial charge < -0.3 is 10.1 Å². The zero-order valence-corrected chi connectivity index (χ0v) is 19.5. The monoisotopic (exact) mass is 493 g/mol. The molecule has 3 aromatic rings. The predicted molar refractivity (Wildman–Crippen MR) is 126 cm³/mol. The van der Waals surface area contributed by atoms with Crippen molar-refractivity contribution in [2.45, 2.75) is 37.6 Å². The number of para-hydroxylation sites is 1. The van der Waals surface area contributed by atoms with Gasteiger partial charge in [0.25, 0.3) is 11.8 Å². The normalized spacial score (nSPS) is 16.9. The Morgan fingerprint density at radius 2 is 1.86 bits per heavy atom. The number of imide groups is 1. The molecule has 1 spiro atoms. The van der Waals surface area contributed by atoms with Crippen LogP contribution in [-0.2, 0) is 14.3 Å². The highest BCUT2D eigenvalue weighted by Crippen LogP contribution is 2.33. The molecule has 1 aliphatic heterocycles. The fourth-order valence-corrected chi connectivity index (χ4v) is 5.14. The molecule has 0 atom stereocenters. The zero-order valence-electron chi connectivity index (χ0n) is 18.7. The Bertz CT molecular complexity index is 1260. The van der Waals surface area contributed by atoms with Crippen LogP contribution in [0.15, 0.2) is 54.0 Å². The molecule has 2 fully saturated rings. The third-order valence-electron chi connectivity index (χ3n) is 6.15. The first kappa shape index (κ1) is 22.8. The third-order valence-corrected chi connectivity index (χ3v) is 7.03. The molecule has 4 amide bonds. The van der Waals surface area contributed by atoms with E-state index < -0.39 is 36.0 Å². The average Bonchev–Trinajstić information content (AvgIpc) is 3.60. The number of hydrazine groups is 1. The van der Waals surface area contributed by atoms with E-state index in [4.69, 9.17) is 4.74 Å². The molecule has 2 N–H and O–H groups in total. The number of hydrogen-bond acceptors (Lipinski definition) is 7. The summed E-state index contributed by atoms with van der Waals surface area (Å²) in [5.74, 6) is -2.01. The van der Waals surface area contributed by atoms with Crippen LogP contribution in [0.1, 0.15) is 42.5 Å². The van der Waals surface area contributed by atoms with Gasteiger partial charge in [-0.2, -0.15) is 10.1 Å². The minimum absolute atomic E-state index is 0.195. The molecule has 0 radical (unpaired) electrons. The van der Waals surface area contributed by atoms with Gasteiger partial charge >= 0.3 is 12.0 Å². The van der Waals surface area contributed by atoms with Crippen molar-refractivity contribution < 1.29 is 23.9 Å². The highest BCUT2D eigenvalue weighted by atomic mass is 32.1. The van der Waals surface area contributed by atoms with Crippen LogP contribution >= 0.6 is 11.3 Å². The first-order valence-electron chi connectivity index (χ1n) is 11.3. The van der Waals surface area contributed by atoms with Crippen LogP contribution < -0.4 is 10.7 Å². The number of aromatic nitrogens is 2. The van der Waals surface area contributed by atoms with Crippen molar-refractivity contribution in [2.24, 2.45) is 0 Å². The van der Waals surface area contributed by atoms with Gasteiger partial charge in [-0.25, -0.2) is 14.3 Å². The minimum atomic E-state index is -0.957. The lowest BCUT2D eigenvalue weighted by Crippen LogP contribution is -2.51. The van der Waals surface area contributed by atoms with Gasteiger partial charge in [-0.1, -0.05) is 43.5 Å². The quantitative estimate of drug-likeness (QED) is 0.402. The van der Waals surface area contributed by atoms with Crippen LogP contribution in [-0.4, -0.2) is 50.7 Å². The van der Waals surface area contributed by atoms with E-state index in [1.807, 2.05) is 47.8 Å². The summed E-state index contributed by atoms with van der Waals surface area (Å²) in [6.45, 7) is -0.663. The second kappa shape index (κ2) is 9.34. The summed E-state index contributed by atoms with van der Waals surface area (Å²) < 4.78 is 6.80. The van der Waals surface area contributed by atoms with Gasteiger partial charge in [0.05, 0.1) is 10.6 Å². The number of benzene rings is 1. The standard InChI is InChI=1S/C24H23N5O5S/c30-19(26-29-22(32)24(25-23(29)33)11-5-2-6-12-24)15-34-21(31)17-14-28(16-8-3-1-4-9-16)27-20(17)18-10-7-13-35-18/h1,3-4,7-10,13-14H,2,5-6,11-12,15H2,(H,25,33)(H,26,30). The summed E-state index contributed by atoms with van der Waals surface area (Å²) in [6, 6.07) is 12.3. The highest BCUT2D eigenvalue weighted by Gasteiger charge is 2.52. The van der Waals surface area contributed by atoms with Crippen molar-refractivity contribution in [2.75, 3.05) is 6.61 Å². The van der Waals surface area contributed by atoms with Gasteiger partial charge in [-0.15, -0.1) is 11.3 Å². The fraction of sp³-hybridized carbons (Fsp3) is 0.292. The van der Waals surface area contributed by atoms with Gasteiger partial charge in [-0.05, 0) is 36.4 Å². The maximum absolute atomic E-state index is 12.9. The van der Waals surface area contributed by atoms with E-state index in [1.165, 1.54) is 11.3 Å². The number of esters is 1. The van der Waals surface area contributed by atoms with E-state index in [0.29, 0.717) is 23.5 Å². The Morgan fingerprint density at radius 3 is 2.57 bits per heavy atom. The molecule has 1 saturated heterocycles. The molecule has 35 heavy (non-hydrogen) atoms. The number of nitrogens with one attached hydrogen (secondary N) is 2. The summed E-state index contributed by atoms with van der Waals surface area (Å²) in [4.78, 5) is 51.3. The van der Waals surface area contributed by atoms with E-state index in [1.54, 1.807) is 10.9 Å². The van der Waals surface area contributed by atoms with Crippen molar-refractivity contribution in [1.29, 1.82) is 0 Å². The van der Waals surface area contributed by atoms with Crippen LogP contribution in [0, 0.1) is 0 Å². The lowest BCUT2D eigenvalue weighted by atomic mass is 9.82. The number of carbonyl (C=O) groups is 4. The van der Waals surface area contributed by atoms with E-state index >= 15 is 0 Å². The average molecular weight is 494 g/mol. The number of hydrogen-bond donors (Lipinski definition) is 2. The molecule has 180 valence electrons. The number of amides is 4. The summed E-state index contributed by atoms with van der Waals surface area (Å²) in [7, 11) is 0. The number of rotatable bonds is 6. The van der Waals surface area contributed by atoms with E-state index in [-0.39, 0.29) is 5.56 Å². The molecule has 0 bridgehead atoms. The Hall–Kier alpha value is -3.99. The molecule has 5 rings (SSSR count). The van der Waals surface area contributed by atoms with Crippen molar-refractivity contribution in [3.05, 3.63) is 59.6 Å². The zero-order chi connectivity index (χ0) is 24.4. The minimum Gasteiger partial charge on any atom is -0.452 e. The maximum atomic E-state index is 12.9. The molecule has 0 unspecified atom stereocenters. The lowest BCUT2D eigenvalue weighted by molar-refractivity contribution is -0.140. The molecule has 1 aliphatic carbocycles. The Kier molecular flexibility index (Phi) is 6.08. The number of carbonyl (C=O) groups excluding carboxylic acids is 4. The second-order valence-corrected chi connectivity index (χ2v) is 9.42. The highest BCUT2D eigenvalue weighted by molar-refractivity contribution is 7.13. The smallest absolute Gasteiger partial charge is 0.344 e. The number of ether oxygens (including phenoxy) is 1. The fourth-order valence-electron chi connectivity index (χ4n) is 4.41. The summed E-state index contributed by atoms with van der Waals surface area (Å²) in [6.07, 6.45) is 5.28. The first-order valence-corrected chi connectivity index (χ1v) is 12.2. The summed E-state index contributed by atoms with van der Waals surface area (Å²) in [5.41, 5.74) is 2.70. The summed E-state index contributed by atoms with van der Waals surface area (Å²) in [5, 5.41) is 9.81. The molecular weight excluding hydrogens is 470 g/mol. The maximum Gasteiger partial charge on any atom is 0.344 e. The molecule has 3 heterocycles. The van der Waals surface area contributed by atoms with Crippen LogP contribution in [0.4, 0.5) is 4.79 Å². The van der Waals surface area contributed by atoms with Gasteiger partial charge in [0.1, 0.15) is 16.8 Å². The first-order chi connectivity index (χ1) is 17.0. The topological polar surface area (TPSA) is 123 Å². The Balaban J connectivity index is 1.27. The largest absolute Gasteiger partial charge is 0.452 e. The van der Waals surface area contributed by atoms with Crippen LogP contribution in [0.25, 0.3) is 16.3 Å². The molecule has 2 aromatic heterocycles. The van der Waals surface area contributed by atoms with Crippen LogP contribution in [0.5, 0.6) is 0 Å². The van der Waals surface area contributed by atoms with Gasteiger partial charge in [-0.3, -0.25) is 15.0 Å². The Labute approximate surface area is 204 Å². The van der Waals surface area contributed by atoms with Crippen molar-refractivity contribution >= 4 is 35.2 Å². The van der Waals surface area contributed by atoms with Crippen molar-refractivity contribution in [1.82, 2.24) is 25.5 Å². The number of thiophene rings is 1. The molecule has 1 saturated carbocycles. The molecule has 1 aromatic carbocycles. The molecular formula is C24H23N5O5S. The third kappa shape index (κ3) is 4.42. The molecule has 10 nitrogen and oxygen atoms in total. The SMILES string of the molecule is O=C(COC(=O)c1cn(-c2ccccc2)nc1-c1cccs1)NN1C(=O)NC2(CCCCC2)C1=O. The van der Waals surface area contributed by atoms with Crippen molar-refractivity contribution in [3.63, 3.8) is 0 Å². The Morgan fingerprint density at radius 1 is 1.09 bits per heavy atom. The molecule has 2 aliphatic rings. The van der Waals surface area contributed by atoms with Gasteiger partial charge in [0.15, 0.2) is 6.61 Å². The van der Waals surface area contributed by atoms with E-state index in [2.05, 4.69) is 15.8 Å². The summed E-state index contributed by atoms with van der Waals surface area (Å²) >= 11 is 1.42. The van der Waals surface area contributed by atoms with E-state index in [0.717, 1.165) is 29.8 Å². The van der Waals surface area contributed by atoms with Gasteiger partial charge in [0.2, 0.25) is 0 Å². The van der Waals surface area contributed by atoms with Crippen LogP contribution in [0.3, 0.4) is 0 Å². The van der Waals surface area contributed by atoms with E-state index in [9.17, 15) is 19.2 Å². The number of urea groups is 1. The van der Waals surface area contributed by atoms with Gasteiger partial charge in [0, 0.05) is 6.20 Å². The predicted octanol–water partition coefficient (Wildman–Crippen LogP) is 3.04. The van der Waals surface area contributed by atoms with Crippen molar-refractivity contribution in [3.8, 4) is 16.3 Å². The van der Waals surface area contributed by atoms with Crippen LogP contribution in [0.2, 0.25) is 0 Å².